The topological polar surface area (TPSA) is 71.5 Å². The average molecular weight is 474 g/mol. The number of thioether (sulfide) groups is 1. The van der Waals surface area contributed by atoms with Gasteiger partial charge in [0.2, 0.25) is 5.91 Å². The maximum absolute atomic E-state index is 13.5. The quantitative estimate of drug-likeness (QED) is 0.563. The molecular formula is C27H27N3O3S. The van der Waals surface area contributed by atoms with E-state index >= 15 is 0 Å². The molecular weight excluding hydrogens is 446 g/mol. The number of amides is 2. The Bertz CT molecular complexity index is 1140. The molecule has 6 nitrogen and oxygen atoms in total. The minimum atomic E-state index is -0.611. The first-order valence-corrected chi connectivity index (χ1v) is 12.6. The molecule has 2 amide bonds. The molecule has 7 heteroatoms. The van der Waals surface area contributed by atoms with Crippen LogP contribution in [0.15, 0.2) is 79.1 Å². The Kier molecular flexibility index (Phi) is 6.81. The van der Waals surface area contributed by atoms with Crippen LogP contribution >= 0.6 is 11.8 Å². The molecule has 2 unspecified atom stereocenters. The van der Waals surface area contributed by atoms with Gasteiger partial charge in [0.15, 0.2) is 0 Å². The number of aromatic nitrogens is 1. The number of nitrogens with zero attached hydrogens (tertiary/aromatic N) is 2. The number of carbonyl (C=O) groups excluding carboxylic acids is 2. The molecule has 2 aliphatic rings. The highest BCUT2D eigenvalue weighted by molar-refractivity contribution is 7.99. The minimum Gasteiger partial charge on any atom is -0.444 e. The van der Waals surface area contributed by atoms with E-state index in [1.54, 1.807) is 29.1 Å². The Morgan fingerprint density at radius 1 is 1.03 bits per heavy atom. The van der Waals surface area contributed by atoms with Crippen molar-refractivity contribution in [1.29, 1.82) is 0 Å². The zero-order valence-corrected chi connectivity index (χ0v) is 19.6. The molecule has 1 fully saturated rings. The van der Waals surface area contributed by atoms with Crippen LogP contribution in [0.5, 0.6) is 0 Å². The third-order valence-electron chi connectivity index (χ3n) is 6.40. The molecule has 2 heterocycles. The van der Waals surface area contributed by atoms with Gasteiger partial charge < -0.3 is 10.1 Å². The second kappa shape index (κ2) is 10.3. The molecule has 34 heavy (non-hydrogen) atoms. The Morgan fingerprint density at radius 2 is 1.79 bits per heavy atom. The van der Waals surface area contributed by atoms with Crippen LogP contribution in [0.4, 0.5) is 4.79 Å². The molecule has 2 aromatic carbocycles. The molecule has 1 saturated heterocycles. The van der Waals surface area contributed by atoms with E-state index in [9.17, 15) is 9.59 Å². The molecule has 0 saturated carbocycles. The third kappa shape index (κ3) is 4.80. The van der Waals surface area contributed by atoms with E-state index in [1.165, 1.54) is 11.1 Å². The van der Waals surface area contributed by atoms with Crippen molar-refractivity contribution in [2.24, 2.45) is 0 Å². The summed E-state index contributed by atoms with van der Waals surface area (Å²) in [5, 5.41) is 2.93. The van der Waals surface area contributed by atoms with Crippen molar-refractivity contribution < 1.29 is 14.3 Å². The lowest BCUT2D eigenvalue weighted by atomic mass is 9.87. The maximum Gasteiger partial charge on any atom is 0.412 e. The van der Waals surface area contributed by atoms with Gasteiger partial charge in [-0.1, -0.05) is 54.6 Å². The number of hydrogen-bond donors (Lipinski definition) is 1. The van der Waals surface area contributed by atoms with Crippen molar-refractivity contribution in [1.82, 2.24) is 15.2 Å². The van der Waals surface area contributed by atoms with Crippen molar-refractivity contribution >= 4 is 23.8 Å². The van der Waals surface area contributed by atoms with E-state index < -0.39 is 12.1 Å². The van der Waals surface area contributed by atoms with Crippen LogP contribution in [-0.2, 0) is 22.6 Å². The molecule has 3 atom stereocenters. The van der Waals surface area contributed by atoms with Crippen LogP contribution in [0, 0.1) is 0 Å². The number of aryl methyl sites for hydroxylation is 1. The summed E-state index contributed by atoms with van der Waals surface area (Å²) in [7, 11) is 0. The fraction of sp³-hybridized carbons (Fsp3) is 0.296. The predicted molar refractivity (Wildman–Crippen MR) is 132 cm³/mol. The SMILES string of the molecule is O=C(NC1CCCc2ccccc21)[C@@H]1CSC(c2ccncc2)N1C(=O)OCc1ccccc1. The van der Waals surface area contributed by atoms with Gasteiger partial charge in [-0.2, -0.15) is 0 Å². The third-order valence-corrected chi connectivity index (χ3v) is 7.72. The molecule has 0 bridgehead atoms. The molecule has 0 spiro atoms. The van der Waals surface area contributed by atoms with E-state index in [1.807, 2.05) is 54.6 Å². The Hall–Kier alpha value is -3.32. The molecule has 1 aromatic heterocycles. The zero-order valence-electron chi connectivity index (χ0n) is 18.8. The highest BCUT2D eigenvalue weighted by Crippen LogP contribution is 2.42. The molecule has 174 valence electrons. The number of ether oxygens (including phenoxy) is 1. The monoisotopic (exact) mass is 473 g/mol. The number of benzene rings is 2. The van der Waals surface area contributed by atoms with Crippen LogP contribution < -0.4 is 5.32 Å². The lowest BCUT2D eigenvalue weighted by Crippen LogP contribution is -2.49. The minimum absolute atomic E-state index is 0.0374. The number of nitrogens with one attached hydrogen (secondary N) is 1. The molecule has 1 N–H and O–H groups in total. The molecule has 0 radical (unpaired) electrons. The van der Waals surface area contributed by atoms with Crippen LogP contribution in [0.2, 0.25) is 0 Å². The first-order valence-electron chi connectivity index (χ1n) is 11.6. The van der Waals surface area contributed by atoms with Crippen LogP contribution in [-0.4, -0.2) is 33.7 Å². The summed E-state index contributed by atoms with van der Waals surface area (Å²) in [6.07, 6.45) is 5.88. The van der Waals surface area contributed by atoms with Crippen molar-refractivity contribution in [2.45, 2.75) is 43.3 Å². The number of fused-ring (bicyclic) bond motifs is 1. The standard InChI is InChI=1S/C27H27N3O3S/c31-25(29-23-12-6-10-20-9-4-5-11-22(20)23)24-18-34-26(21-13-15-28-16-14-21)30(24)27(32)33-17-19-7-2-1-3-8-19/h1-5,7-9,11,13-16,23-24,26H,6,10,12,17-18H2,(H,29,31)/t23?,24-,26?/m0/s1. The van der Waals surface area contributed by atoms with Gasteiger partial charge in [-0.15, -0.1) is 11.8 Å². The lowest BCUT2D eigenvalue weighted by Gasteiger charge is -2.31. The second-order valence-corrected chi connectivity index (χ2v) is 9.69. The van der Waals surface area contributed by atoms with E-state index in [0.717, 1.165) is 30.4 Å². The first kappa shape index (κ1) is 22.5. The summed E-state index contributed by atoms with van der Waals surface area (Å²) in [6, 6.07) is 21.0. The summed E-state index contributed by atoms with van der Waals surface area (Å²) < 4.78 is 5.67. The van der Waals surface area contributed by atoms with E-state index in [0.29, 0.717) is 5.75 Å². The van der Waals surface area contributed by atoms with Gasteiger partial charge >= 0.3 is 6.09 Å². The van der Waals surface area contributed by atoms with Gasteiger partial charge in [0, 0.05) is 18.1 Å². The predicted octanol–water partition coefficient (Wildman–Crippen LogP) is 5.03. The summed E-state index contributed by atoms with van der Waals surface area (Å²) in [6.45, 7) is 0.161. The van der Waals surface area contributed by atoms with E-state index in [-0.39, 0.29) is 23.9 Å². The fourth-order valence-corrected chi connectivity index (χ4v) is 6.10. The maximum atomic E-state index is 13.5. The Labute approximate surface area is 203 Å². The number of pyridine rings is 1. The largest absolute Gasteiger partial charge is 0.444 e. The van der Waals surface area contributed by atoms with Crippen molar-refractivity contribution in [3.8, 4) is 0 Å². The Balaban J connectivity index is 1.35. The van der Waals surface area contributed by atoms with Gasteiger partial charge in [0.05, 0.1) is 6.04 Å². The number of carbonyl (C=O) groups is 2. The molecule has 1 aliphatic heterocycles. The van der Waals surface area contributed by atoms with Gasteiger partial charge in [0.1, 0.15) is 18.0 Å². The van der Waals surface area contributed by atoms with Gasteiger partial charge in [-0.3, -0.25) is 14.7 Å². The molecule has 5 rings (SSSR count). The lowest BCUT2D eigenvalue weighted by molar-refractivity contribution is -0.126. The summed E-state index contributed by atoms with van der Waals surface area (Å²) in [5.41, 5.74) is 4.29. The normalized spacial score (nSPS) is 21.5. The fourth-order valence-electron chi connectivity index (χ4n) is 4.68. The van der Waals surface area contributed by atoms with Crippen LogP contribution in [0.3, 0.4) is 0 Å². The number of rotatable bonds is 5. The highest BCUT2D eigenvalue weighted by Gasteiger charge is 2.44. The molecule has 3 aromatic rings. The second-order valence-electron chi connectivity index (χ2n) is 8.58. The Morgan fingerprint density at radius 3 is 2.62 bits per heavy atom. The molecule has 1 aliphatic carbocycles. The van der Waals surface area contributed by atoms with Crippen molar-refractivity contribution in [3.63, 3.8) is 0 Å². The van der Waals surface area contributed by atoms with Gasteiger partial charge in [-0.05, 0) is 53.6 Å². The van der Waals surface area contributed by atoms with Crippen molar-refractivity contribution in [2.75, 3.05) is 5.75 Å². The summed E-state index contributed by atoms with van der Waals surface area (Å²) in [4.78, 5) is 32.5. The van der Waals surface area contributed by atoms with Gasteiger partial charge in [-0.25, -0.2) is 4.79 Å². The smallest absolute Gasteiger partial charge is 0.412 e. The zero-order chi connectivity index (χ0) is 23.3. The number of hydrogen-bond acceptors (Lipinski definition) is 5. The van der Waals surface area contributed by atoms with E-state index in [2.05, 4.69) is 22.4 Å². The summed E-state index contributed by atoms with van der Waals surface area (Å²) >= 11 is 1.57. The van der Waals surface area contributed by atoms with E-state index in [4.69, 9.17) is 4.74 Å². The van der Waals surface area contributed by atoms with Crippen LogP contribution in [0.25, 0.3) is 0 Å². The highest BCUT2D eigenvalue weighted by atomic mass is 32.2. The first-order chi connectivity index (χ1) is 16.7. The van der Waals surface area contributed by atoms with Crippen LogP contribution in [0.1, 0.15) is 46.5 Å². The summed E-state index contributed by atoms with van der Waals surface area (Å²) in [5.74, 6) is 0.371. The van der Waals surface area contributed by atoms with Crippen molar-refractivity contribution in [3.05, 3.63) is 101 Å². The van der Waals surface area contributed by atoms with Gasteiger partial charge in [0.25, 0.3) is 0 Å². The average Bonchev–Trinajstić information content (AvgIpc) is 3.34.